The SMILES string of the molecule is Cc1ccc(OCC(C)C)c(Cn2nc(NC(=O)c3ccc(C=O)cc3)cc2C)c1. The minimum Gasteiger partial charge on any atom is -0.493 e. The molecule has 0 aliphatic rings. The van der Waals surface area contributed by atoms with Gasteiger partial charge in [0.15, 0.2) is 5.82 Å². The predicted octanol–water partition coefficient (Wildman–Crippen LogP) is 4.65. The van der Waals surface area contributed by atoms with Gasteiger partial charge in [0.2, 0.25) is 0 Å². The fourth-order valence-electron chi connectivity index (χ4n) is 3.02. The van der Waals surface area contributed by atoms with E-state index < -0.39 is 0 Å². The van der Waals surface area contributed by atoms with Crippen LogP contribution >= 0.6 is 0 Å². The van der Waals surface area contributed by atoms with Crippen molar-refractivity contribution in [2.75, 3.05) is 11.9 Å². The van der Waals surface area contributed by atoms with Gasteiger partial charge in [0, 0.05) is 28.5 Å². The molecule has 3 rings (SSSR count). The summed E-state index contributed by atoms with van der Waals surface area (Å²) in [7, 11) is 0. The Morgan fingerprint density at radius 3 is 2.53 bits per heavy atom. The number of rotatable bonds is 8. The predicted molar refractivity (Wildman–Crippen MR) is 117 cm³/mol. The van der Waals surface area contributed by atoms with Crippen LogP contribution < -0.4 is 10.1 Å². The molecule has 2 aromatic carbocycles. The molecule has 0 saturated carbocycles. The number of carbonyl (C=O) groups is 2. The Morgan fingerprint density at radius 1 is 1.13 bits per heavy atom. The van der Waals surface area contributed by atoms with Crippen molar-refractivity contribution in [1.82, 2.24) is 9.78 Å². The Hall–Kier alpha value is -3.41. The lowest BCUT2D eigenvalue weighted by Crippen LogP contribution is -2.13. The summed E-state index contributed by atoms with van der Waals surface area (Å²) >= 11 is 0. The first-order chi connectivity index (χ1) is 14.4. The van der Waals surface area contributed by atoms with E-state index in [-0.39, 0.29) is 5.91 Å². The Bertz CT molecular complexity index is 1040. The van der Waals surface area contributed by atoms with E-state index in [1.807, 2.05) is 36.7 Å². The Kier molecular flexibility index (Phi) is 6.67. The van der Waals surface area contributed by atoms with Crippen molar-refractivity contribution in [3.8, 4) is 5.75 Å². The van der Waals surface area contributed by atoms with Crippen LogP contribution in [-0.2, 0) is 6.54 Å². The molecule has 0 unspecified atom stereocenters. The highest BCUT2D eigenvalue weighted by Gasteiger charge is 2.13. The zero-order chi connectivity index (χ0) is 21.7. The lowest BCUT2D eigenvalue weighted by molar-refractivity contribution is 0.102. The summed E-state index contributed by atoms with van der Waals surface area (Å²) in [5.74, 6) is 1.50. The Morgan fingerprint density at radius 2 is 1.87 bits per heavy atom. The minimum absolute atomic E-state index is 0.270. The molecule has 0 saturated heterocycles. The highest BCUT2D eigenvalue weighted by Crippen LogP contribution is 2.23. The van der Waals surface area contributed by atoms with Crippen LogP contribution in [0.1, 0.15) is 51.4 Å². The minimum atomic E-state index is -0.270. The van der Waals surface area contributed by atoms with E-state index in [0.29, 0.717) is 36.0 Å². The van der Waals surface area contributed by atoms with Crippen LogP contribution in [0.25, 0.3) is 0 Å². The molecule has 1 N–H and O–H groups in total. The number of nitrogens with zero attached hydrogens (tertiary/aromatic N) is 2. The van der Waals surface area contributed by atoms with E-state index in [4.69, 9.17) is 4.74 Å². The summed E-state index contributed by atoms with van der Waals surface area (Å²) < 4.78 is 7.83. The second-order valence-electron chi connectivity index (χ2n) is 7.84. The monoisotopic (exact) mass is 405 g/mol. The number of carbonyl (C=O) groups excluding carboxylic acids is 2. The number of hydrogen-bond acceptors (Lipinski definition) is 4. The lowest BCUT2D eigenvalue weighted by atomic mass is 10.1. The van der Waals surface area contributed by atoms with E-state index in [1.54, 1.807) is 24.3 Å². The van der Waals surface area contributed by atoms with Crippen molar-refractivity contribution in [2.24, 2.45) is 5.92 Å². The number of amides is 1. The maximum Gasteiger partial charge on any atom is 0.256 e. The molecule has 0 aliphatic heterocycles. The number of aromatic nitrogens is 2. The highest BCUT2D eigenvalue weighted by atomic mass is 16.5. The number of benzene rings is 2. The maximum absolute atomic E-state index is 12.5. The summed E-state index contributed by atoms with van der Waals surface area (Å²) in [4.78, 5) is 23.2. The third kappa shape index (κ3) is 5.35. The van der Waals surface area contributed by atoms with Crippen molar-refractivity contribution in [2.45, 2.75) is 34.2 Å². The van der Waals surface area contributed by atoms with E-state index in [0.717, 1.165) is 28.9 Å². The molecule has 3 aromatic rings. The van der Waals surface area contributed by atoms with Gasteiger partial charge < -0.3 is 10.1 Å². The van der Waals surface area contributed by atoms with Crippen LogP contribution in [-0.4, -0.2) is 28.6 Å². The molecule has 0 spiro atoms. The van der Waals surface area contributed by atoms with Gasteiger partial charge in [0.25, 0.3) is 5.91 Å². The number of hydrogen-bond donors (Lipinski definition) is 1. The van der Waals surface area contributed by atoms with Gasteiger partial charge in [-0.05, 0) is 38.0 Å². The third-order valence-electron chi connectivity index (χ3n) is 4.64. The first-order valence-electron chi connectivity index (χ1n) is 9.99. The van der Waals surface area contributed by atoms with Crippen LogP contribution in [0.15, 0.2) is 48.5 Å². The summed E-state index contributed by atoms with van der Waals surface area (Å²) in [5, 5.41) is 7.36. The largest absolute Gasteiger partial charge is 0.493 e. The molecule has 0 bridgehead atoms. The lowest BCUT2D eigenvalue weighted by Gasteiger charge is -2.14. The molecule has 1 heterocycles. The molecular weight excluding hydrogens is 378 g/mol. The van der Waals surface area contributed by atoms with Crippen LogP contribution in [0.2, 0.25) is 0 Å². The summed E-state index contributed by atoms with van der Waals surface area (Å²) in [5.41, 5.74) is 4.12. The normalized spacial score (nSPS) is 10.8. The zero-order valence-corrected chi connectivity index (χ0v) is 17.8. The summed E-state index contributed by atoms with van der Waals surface area (Å²) in [6.07, 6.45) is 0.747. The van der Waals surface area contributed by atoms with Gasteiger partial charge in [-0.2, -0.15) is 5.10 Å². The first-order valence-corrected chi connectivity index (χ1v) is 9.99. The van der Waals surface area contributed by atoms with Crippen molar-refractivity contribution in [3.63, 3.8) is 0 Å². The smallest absolute Gasteiger partial charge is 0.256 e. The summed E-state index contributed by atoms with van der Waals surface area (Å²) in [6, 6.07) is 14.4. The average Bonchev–Trinajstić information content (AvgIpc) is 3.06. The average molecular weight is 405 g/mol. The third-order valence-corrected chi connectivity index (χ3v) is 4.64. The van der Waals surface area contributed by atoms with Crippen molar-refractivity contribution < 1.29 is 14.3 Å². The molecule has 156 valence electrons. The summed E-state index contributed by atoms with van der Waals surface area (Å²) in [6.45, 7) is 9.43. The molecule has 0 aliphatic carbocycles. The second kappa shape index (κ2) is 9.39. The van der Waals surface area contributed by atoms with E-state index in [2.05, 4.69) is 30.3 Å². The quantitative estimate of drug-likeness (QED) is 0.554. The van der Waals surface area contributed by atoms with Crippen molar-refractivity contribution >= 4 is 18.0 Å². The molecule has 0 radical (unpaired) electrons. The number of anilines is 1. The fourth-order valence-corrected chi connectivity index (χ4v) is 3.02. The van der Waals surface area contributed by atoms with Gasteiger partial charge in [0.1, 0.15) is 12.0 Å². The maximum atomic E-state index is 12.5. The van der Waals surface area contributed by atoms with Gasteiger partial charge >= 0.3 is 0 Å². The second-order valence-corrected chi connectivity index (χ2v) is 7.84. The van der Waals surface area contributed by atoms with Crippen molar-refractivity contribution in [1.29, 1.82) is 0 Å². The highest BCUT2D eigenvalue weighted by molar-refractivity contribution is 6.04. The molecular formula is C24H27N3O3. The van der Waals surface area contributed by atoms with E-state index in [1.165, 1.54) is 0 Å². The molecule has 1 amide bonds. The van der Waals surface area contributed by atoms with Crippen LogP contribution in [0.5, 0.6) is 5.75 Å². The van der Waals surface area contributed by atoms with Gasteiger partial charge in [-0.3, -0.25) is 14.3 Å². The van der Waals surface area contributed by atoms with Crippen LogP contribution in [0.3, 0.4) is 0 Å². The number of aryl methyl sites for hydroxylation is 2. The van der Waals surface area contributed by atoms with Crippen LogP contribution in [0.4, 0.5) is 5.82 Å². The molecule has 1 aromatic heterocycles. The number of nitrogens with one attached hydrogen (secondary N) is 1. The molecule has 0 atom stereocenters. The van der Waals surface area contributed by atoms with Crippen molar-refractivity contribution in [3.05, 3.63) is 76.5 Å². The molecule has 30 heavy (non-hydrogen) atoms. The topological polar surface area (TPSA) is 73.2 Å². The van der Waals surface area contributed by atoms with Gasteiger partial charge in [-0.15, -0.1) is 0 Å². The number of aldehydes is 1. The first kappa shape index (κ1) is 21.3. The Labute approximate surface area is 176 Å². The van der Waals surface area contributed by atoms with Gasteiger partial charge in [-0.25, -0.2) is 0 Å². The zero-order valence-electron chi connectivity index (χ0n) is 17.8. The van der Waals surface area contributed by atoms with Crippen LogP contribution in [0, 0.1) is 19.8 Å². The number of ether oxygens (including phenoxy) is 1. The Balaban J connectivity index is 1.75. The fraction of sp³-hybridized carbons (Fsp3) is 0.292. The van der Waals surface area contributed by atoms with E-state index >= 15 is 0 Å². The van der Waals surface area contributed by atoms with Gasteiger partial charge in [-0.1, -0.05) is 43.7 Å². The molecule has 6 nitrogen and oxygen atoms in total. The molecule has 6 heteroatoms. The van der Waals surface area contributed by atoms with Gasteiger partial charge in [0.05, 0.1) is 13.2 Å². The standard InChI is InChI=1S/C24H27N3O3/c1-16(2)15-30-22-10-5-17(3)11-21(22)13-27-18(4)12-23(26-27)25-24(29)20-8-6-19(14-28)7-9-20/h5-12,14,16H,13,15H2,1-4H3,(H,25,26,29). The molecule has 0 fully saturated rings. The van der Waals surface area contributed by atoms with E-state index in [9.17, 15) is 9.59 Å².